The zero-order valence-corrected chi connectivity index (χ0v) is 20.7. The third-order valence-corrected chi connectivity index (χ3v) is 8.77. The summed E-state index contributed by atoms with van der Waals surface area (Å²) in [6.07, 6.45) is 7.45. The minimum absolute atomic E-state index is 0.0294. The van der Waals surface area contributed by atoms with Crippen molar-refractivity contribution >= 4 is 23.2 Å². The average Bonchev–Trinajstić information content (AvgIpc) is 3.47. The van der Waals surface area contributed by atoms with E-state index < -0.39 is 5.91 Å². The highest BCUT2D eigenvalue weighted by atomic mass is 32.1. The molecule has 0 bridgehead atoms. The number of thiazole rings is 1. The first-order chi connectivity index (χ1) is 17.3. The maximum atomic E-state index is 12.9. The van der Waals surface area contributed by atoms with Gasteiger partial charge in [-0.15, -0.1) is 11.3 Å². The second-order valence-electron chi connectivity index (χ2n) is 10.3. The summed E-state index contributed by atoms with van der Waals surface area (Å²) in [6, 6.07) is 9.32. The summed E-state index contributed by atoms with van der Waals surface area (Å²) in [5, 5.41) is 17.5. The Morgan fingerprint density at radius 2 is 1.94 bits per heavy atom. The van der Waals surface area contributed by atoms with E-state index in [-0.39, 0.29) is 23.5 Å². The molecule has 3 saturated carbocycles. The van der Waals surface area contributed by atoms with E-state index in [2.05, 4.69) is 21.5 Å². The molecule has 3 aromatic rings. The summed E-state index contributed by atoms with van der Waals surface area (Å²) in [7, 11) is 0. The maximum absolute atomic E-state index is 12.9. The van der Waals surface area contributed by atoms with Crippen molar-refractivity contribution in [3.8, 4) is 17.6 Å². The van der Waals surface area contributed by atoms with Gasteiger partial charge in [0, 0.05) is 12.0 Å². The lowest BCUT2D eigenvalue weighted by Gasteiger charge is -2.57. The van der Waals surface area contributed by atoms with Crippen LogP contribution in [0, 0.1) is 23.7 Å². The average molecular weight is 503 g/mol. The van der Waals surface area contributed by atoms with Crippen LogP contribution in [0.15, 0.2) is 30.5 Å². The van der Waals surface area contributed by atoms with Gasteiger partial charge in [-0.3, -0.25) is 9.59 Å². The van der Waals surface area contributed by atoms with Crippen LogP contribution in [0.1, 0.15) is 80.7 Å². The lowest BCUT2D eigenvalue weighted by molar-refractivity contribution is -0.0846. The van der Waals surface area contributed by atoms with Crippen molar-refractivity contribution in [3.63, 3.8) is 0 Å². The molecule has 0 radical (unpaired) electrons. The number of nitrogens with one attached hydrogen (secondary N) is 1. The smallest absolute Gasteiger partial charge is 0.264 e. The van der Waals surface area contributed by atoms with E-state index in [9.17, 15) is 9.59 Å². The first-order valence-electron chi connectivity index (χ1n) is 12.2. The minimum Gasteiger partial charge on any atom is -0.473 e. The highest BCUT2D eigenvalue weighted by Crippen LogP contribution is 2.57. The van der Waals surface area contributed by atoms with Gasteiger partial charge in [0.1, 0.15) is 11.1 Å². The standard InChI is InChI=1S/C26H26N6O3S/c1-14-20(13-29-32(14)18-6-2-15(12-27)3-7-18)23(34)30-17-8-26(9-17)10-19(11-26)35-24-21(22(28)33)36-25(31-24)16-4-5-16/h2-3,6-7,13,16-17,19H,4-5,8-11H2,1H3,(H2,28,33)(H,30,34). The van der Waals surface area contributed by atoms with Gasteiger partial charge in [-0.1, -0.05) is 0 Å². The fourth-order valence-corrected chi connectivity index (χ4v) is 6.49. The number of carbonyl (C=O) groups excluding carboxylic acids is 2. The highest BCUT2D eigenvalue weighted by Gasteiger charge is 2.54. The molecule has 1 spiro atoms. The van der Waals surface area contributed by atoms with Gasteiger partial charge in [0.25, 0.3) is 11.8 Å². The molecule has 3 aliphatic rings. The van der Waals surface area contributed by atoms with Gasteiger partial charge in [0.05, 0.1) is 34.8 Å². The van der Waals surface area contributed by atoms with Gasteiger partial charge < -0.3 is 15.8 Å². The first-order valence-corrected chi connectivity index (χ1v) is 13.0. The number of primary amides is 1. The lowest BCUT2D eigenvalue weighted by atomic mass is 9.53. The molecule has 0 unspecified atom stereocenters. The molecule has 2 amide bonds. The highest BCUT2D eigenvalue weighted by molar-refractivity contribution is 7.14. The Morgan fingerprint density at radius 3 is 2.58 bits per heavy atom. The monoisotopic (exact) mass is 502 g/mol. The Labute approximate surface area is 212 Å². The predicted octanol–water partition coefficient (Wildman–Crippen LogP) is 3.61. The molecule has 3 aliphatic carbocycles. The Kier molecular flexibility index (Phi) is 5.34. The lowest BCUT2D eigenvalue weighted by Crippen LogP contribution is -2.58. The van der Waals surface area contributed by atoms with Gasteiger partial charge in [-0.05, 0) is 75.1 Å². The number of hydrogen-bond donors (Lipinski definition) is 2. The van der Waals surface area contributed by atoms with Crippen molar-refractivity contribution < 1.29 is 14.3 Å². The molecule has 184 valence electrons. The topological polar surface area (TPSA) is 136 Å². The first kappa shape index (κ1) is 22.7. The van der Waals surface area contributed by atoms with Crippen molar-refractivity contribution in [3.05, 3.63) is 57.2 Å². The zero-order chi connectivity index (χ0) is 25.0. The van der Waals surface area contributed by atoms with Crippen LogP contribution in [0.5, 0.6) is 5.88 Å². The largest absolute Gasteiger partial charge is 0.473 e. The van der Waals surface area contributed by atoms with E-state index in [1.165, 1.54) is 11.3 Å². The molecule has 10 heteroatoms. The van der Waals surface area contributed by atoms with Crippen LogP contribution < -0.4 is 15.8 Å². The van der Waals surface area contributed by atoms with Crippen LogP contribution in [0.3, 0.4) is 0 Å². The molecule has 0 saturated heterocycles. The molecule has 2 heterocycles. The quantitative estimate of drug-likeness (QED) is 0.507. The van der Waals surface area contributed by atoms with Crippen LogP contribution in [0.4, 0.5) is 0 Å². The molecular formula is C26H26N6O3S. The number of nitrogens with two attached hydrogens (primary N) is 1. The van der Waals surface area contributed by atoms with E-state index in [1.807, 2.05) is 19.1 Å². The van der Waals surface area contributed by atoms with Crippen molar-refractivity contribution in [1.82, 2.24) is 20.1 Å². The van der Waals surface area contributed by atoms with Crippen LogP contribution in [0.25, 0.3) is 5.69 Å². The van der Waals surface area contributed by atoms with Crippen LogP contribution >= 0.6 is 11.3 Å². The van der Waals surface area contributed by atoms with E-state index in [4.69, 9.17) is 15.7 Å². The van der Waals surface area contributed by atoms with Gasteiger partial charge in [-0.2, -0.15) is 10.4 Å². The molecule has 0 atom stereocenters. The summed E-state index contributed by atoms with van der Waals surface area (Å²) < 4.78 is 7.78. The second kappa shape index (κ2) is 8.45. The van der Waals surface area contributed by atoms with Crippen LogP contribution in [-0.2, 0) is 0 Å². The number of amides is 2. The van der Waals surface area contributed by atoms with Crippen molar-refractivity contribution in [1.29, 1.82) is 5.26 Å². The zero-order valence-electron chi connectivity index (χ0n) is 19.9. The molecule has 2 aromatic heterocycles. The summed E-state index contributed by atoms with van der Waals surface area (Å²) in [5.74, 6) is 0.246. The van der Waals surface area contributed by atoms with Crippen LogP contribution in [0.2, 0.25) is 0 Å². The normalized spacial score (nSPS) is 24.4. The van der Waals surface area contributed by atoms with Gasteiger partial charge in [0.15, 0.2) is 4.88 Å². The Hall–Kier alpha value is -3.71. The number of rotatable bonds is 7. The maximum Gasteiger partial charge on any atom is 0.264 e. The molecule has 0 aliphatic heterocycles. The molecule has 6 rings (SSSR count). The fraction of sp³-hybridized carbons (Fsp3) is 0.423. The molecule has 3 N–H and O–H groups in total. The SMILES string of the molecule is Cc1c(C(=O)NC2CC3(C2)CC(Oc2nc(C4CC4)sc2C(N)=O)C3)cnn1-c1ccc(C#N)cc1. The van der Waals surface area contributed by atoms with E-state index in [0.29, 0.717) is 27.8 Å². The molecule has 1 aromatic carbocycles. The van der Waals surface area contributed by atoms with Gasteiger partial charge in [0.2, 0.25) is 5.88 Å². The Morgan fingerprint density at radius 1 is 1.22 bits per heavy atom. The number of aromatic nitrogens is 3. The summed E-state index contributed by atoms with van der Waals surface area (Å²) in [4.78, 5) is 29.7. The molecule has 3 fully saturated rings. The number of ether oxygens (including phenoxy) is 1. The summed E-state index contributed by atoms with van der Waals surface area (Å²) in [5.41, 5.74) is 8.40. The number of nitriles is 1. The van der Waals surface area contributed by atoms with Crippen molar-refractivity contribution in [2.75, 3.05) is 0 Å². The predicted molar refractivity (Wildman–Crippen MR) is 132 cm³/mol. The van der Waals surface area contributed by atoms with E-state index in [1.54, 1.807) is 23.0 Å². The van der Waals surface area contributed by atoms with E-state index in [0.717, 1.165) is 54.9 Å². The summed E-state index contributed by atoms with van der Waals surface area (Å²) >= 11 is 1.36. The molecule has 9 nitrogen and oxygen atoms in total. The fourth-order valence-electron chi connectivity index (χ4n) is 5.46. The number of nitrogens with zero attached hydrogens (tertiary/aromatic N) is 4. The third kappa shape index (κ3) is 4.03. The Bertz CT molecular complexity index is 1380. The van der Waals surface area contributed by atoms with Crippen LogP contribution in [-0.4, -0.2) is 38.7 Å². The third-order valence-electron chi connectivity index (χ3n) is 7.55. The molecule has 36 heavy (non-hydrogen) atoms. The van der Waals surface area contributed by atoms with Gasteiger partial charge >= 0.3 is 0 Å². The number of benzene rings is 1. The molecular weight excluding hydrogens is 476 g/mol. The second-order valence-corrected chi connectivity index (χ2v) is 11.3. The number of carbonyl (C=O) groups is 2. The number of hydrogen-bond acceptors (Lipinski definition) is 7. The van der Waals surface area contributed by atoms with Gasteiger partial charge in [-0.25, -0.2) is 9.67 Å². The van der Waals surface area contributed by atoms with E-state index >= 15 is 0 Å². The Balaban J connectivity index is 1.02. The van der Waals surface area contributed by atoms with Crippen molar-refractivity contribution in [2.24, 2.45) is 11.1 Å². The van der Waals surface area contributed by atoms with Crippen molar-refractivity contribution in [2.45, 2.75) is 63.5 Å². The minimum atomic E-state index is -0.479. The summed E-state index contributed by atoms with van der Waals surface area (Å²) in [6.45, 7) is 1.86.